The fourth-order valence-electron chi connectivity index (χ4n) is 1.25. The van der Waals surface area contributed by atoms with Crippen LogP contribution in [0.3, 0.4) is 0 Å². The van der Waals surface area contributed by atoms with Crippen LogP contribution in [-0.2, 0) is 0 Å². The number of fused-ring (bicyclic) bond motifs is 1. The lowest BCUT2D eigenvalue weighted by atomic mass is 10.2. The summed E-state index contributed by atoms with van der Waals surface area (Å²) in [6.07, 6.45) is 0. The number of halogens is 3. The third kappa shape index (κ3) is 1.84. The van der Waals surface area contributed by atoms with Crippen molar-refractivity contribution in [2.45, 2.75) is 6.92 Å². The van der Waals surface area contributed by atoms with Gasteiger partial charge in [-0.05, 0) is 37.9 Å². The molecule has 0 aliphatic rings. The quantitative estimate of drug-likeness (QED) is 0.679. The Labute approximate surface area is 107 Å². The van der Waals surface area contributed by atoms with Crippen LogP contribution < -0.4 is 5.63 Å². The second-order valence-corrected chi connectivity index (χ2v) is 4.98. The number of nitrogens with zero attached hydrogens (tertiary/aromatic N) is 1. The lowest BCUT2D eigenvalue weighted by molar-refractivity contribution is 0.467. The number of rotatable bonds is 0. The summed E-state index contributed by atoms with van der Waals surface area (Å²) in [7, 11) is 0. The van der Waals surface area contributed by atoms with Gasteiger partial charge in [-0.2, -0.15) is 0 Å². The van der Waals surface area contributed by atoms with Crippen molar-refractivity contribution in [3.05, 3.63) is 36.3 Å². The first-order valence-corrected chi connectivity index (χ1v) is 5.92. The summed E-state index contributed by atoms with van der Waals surface area (Å²) in [6, 6.07) is 1.75. The molecule has 1 aromatic carbocycles. The van der Waals surface area contributed by atoms with Crippen molar-refractivity contribution in [1.82, 2.24) is 4.98 Å². The highest BCUT2D eigenvalue weighted by Crippen LogP contribution is 2.33. The van der Waals surface area contributed by atoms with E-state index < -0.39 is 5.63 Å². The zero-order valence-electron chi connectivity index (χ0n) is 7.47. The Balaban J connectivity index is 3.10. The van der Waals surface area contributed by atoms with E-state index in [1.807, 2.05) is 0 Å². The smallest absolute Gasteiger partial charge is 0.348 e. The van der Waals surface area contributed by atoms with Crippen LogP contribution in [0.5, 0.6) is 0 Å². The van der Waals surface area contributed by atoms with Crippen LogP contribution in [-0.4, -0.2) is 4.98 Å². The summed E-state index contributed by atoms with van der Waals surface area (Å²) in [5.74, 6) is 0.312. The van der Waals surface area contributed by atoms with Crippen molar-refractivity contribution in [3.8, 4) is 0 Å². The minimum absolute atomic E-state index is 0.281. The Kier molecular flexibility index (Phi) is 2.87. The molecule has 0 radical (unpaired) electrons. The van der Waals surface area contributed by atoms with Gasteiger partial charge in [0.05, 0.1) is 10.5 Å². The molecule has 78 valence electrons. The highest BCUT2D eigenvalue weighted by Gasteiger charge is 2.14. The van der Waals surface area contributed by atoms with Gasteiger partial charge in [0.15, 0.2) is 5.89 Å². The molecular weight excluding hydrogens is 349 g/mol. The molecule has 1 aromatic heterocycles. The highest BCUT2D eigenvalue weighted by atomic mass is 79.9. The molecule has 0 bridgehead atoms. The molecule has 0 aliphatic heterocycles. The van der Waals surface area contributed by atoms with E-state index in [2.05, 4.69) is 36.8 Å². The van der Waals surface area contributed by atoms with Gasteiger partial charge >= 0.3 is 5.63 Å². The fourth-order valence-corrected chi connectivity index (χ4v) is 2.72. The van der Waals surface area contributed by atoms with Gasteiger partial charge < -0.3 is 4.42 Å². The first kappa shape index (κ1) is 11.1. The lowest BCUT2D eigenvalue weighted by Crippen LogP contribution is -2.04. The van der Waals surface area contributed by atoms with Crippen molar-refractivity contribution in [2.24, 2.45) is 0 Å². The van der Waals surface area contributed by atoms with Crippen LogP contribution in [0, 0.1) is 6.92 Å². The van der Waals surface area contributed by atoms with Gasteiger partial charge in [-0.1, -0.05) is 11.6 Å². The molecular formula is C9H4Br2ClNO2. The Morgan fingerprint density at radius 2 is 2.07 bits per heavy atom. The summed E-state index contributed by atoms with van der Waals surface area (Å²) in [4.78, 5) is 15.7. The summed E-state index contributed by atoms with van der Waals surface area (Å²) in [6.45, 7) is 1.61. The van der Waals surface area contributed by atoms with E-state index in [1.54, 1.807) is 13.0 Å². The van der Waals surface area contributed by atoms with E-state index in [1.165, 1.54) is 0 Å². The topological polar surface area (TPSA) is 43.1 Å². The minimum Gasteiger partial charge on any atom is -0.408 e. The molecule has 0 saturated heterocycles. The number of aromatic nitrogens is 1. The van der Waals surface area contributed by atoms with Crippen LogP contribution in [0.1, 0.15) is 5.89 Å². The minimum atomic E-state index is -0.482. The molecule has 0 fully saturated rings. The summed E-state index contributed by atoms with van der Waals surface area (Å²) in [5.41, 5.74) is 0.0291. The van der Waals surface area contributed by atoms with Gasteiger partial charge in [0.1, 0.15) is 5.39 Å². The van der Waals surface area contributed by atoms with E-state index in [4.69, 9.17) is 16.0 Å². The lowest BCUT2D eigenvalue weighted by Gasteiger charge is -2.03. The van der Waals surface area contributed by atoms with Gasteiger partial charge in [0.2, 0.25) is 0 Å². The van der Waals surface area contributed by atoms with Gasteiger partial charge in [-0.25, -0.2) is 9.78 Å². The maximum absolute atomic E-state index is 11.6. The van der Waals surface area contributed by atoms with Crippen molar-refractivity contribution in [2.75, 3.05) is 0 Å². The SMILES string of the molecule is Cc1nc2c(Br)cc(Br)c(Cl)c2c(=O)o1. The zero-order valence-corrected chi connectivity index (χ0v) is 11.4. The largest absolute Gasteiger partial charge is 0.408 e. The van der Waals surface area contributed by atoms with Crippen molar-refractivity contribution < 1.29 is 4.42 Å². The van der Waals surface area contributed by atoms with Crippen LogP contribution in [0.25, 0.3) is 10.9 Å². The van der Waals surface area contributed by atoms with Crippen LogP contribution in [0.15, 0.2) is 24.2 Å². The maximum atomic E-state index is 11.6. The third-order valence-corrected chi connectivity index (χ3v) is 3.71. The molecule has 0 spiro atoms. The van der Waals surface area contributed by atoms with Crippen LogP contribution in [0.4, 0.5) is 0 Å². The predicted molar refractivity (Wildman–Crippen MR) is 65.4 cm³/mol. The highest BCUT2D eigenvalue weighted by molar-refractivity contribution is 9.11. The van der Waals surface area contributed by atoms with E-state index in [0.29, 0.717) is 25.4 Å². The maximum Gasteiger partial charge on any atom is 0.348 e. The molecule has 3 nitrogen and oxygen atoms in total. The molecule has 0 amide bonds. The number of hydrogen-bond acceptors (Lipinski definition) is 3. The standard InChI is InChI=1S/C9H4Br2ClNO2/c1-3-13-8-5(11)2-4(10)7(12)6(8)9(14)15-3/h2H,1H3. The van der Waals surface area contributed by atoms with Gasteiger partial charge in [-0.15, -0.1) is 0 Å². The van der Waals surface area contributed by atoms with E-state index >= 15 is 0 Å². The Bertz CT molecular complexity index is 609. The molecule has 0 aliphatic carbocycles. The van der Waals surface area contributed by atoms with E-state index in [0.717, 1.165) is 0 Å². The zero-order chi connectivity index (χ0) is 11.2. The van der Waals surface area contributed by atoms with Crippen molar-refractivity contribution in [1.29, 1.82) is 0 Å². The molecule has 2 rings (SSSR count). The van der Waals surface area contributed by atoms with Crippen LogP contribution in [0.2, 0.25) is 5.02 Å². The van der Waals surface area contributed by atoms with Gasteiger partial charge in [0, 0.05) is 15.9 Å². The van der Waals surface area contributed by atoms with Gasteiger partial charge in [0.25, 0.3) is 0 Å². The summed E-state index contributed by atoms with van der Waals surface area (Å²) in [5, 5.41) is 0.595. The molecule has 0 N–H and O–H groups in total. The Morgan fingerprint density at radius 1 is 1.40 bits per heavy atom. The average Bonchev–Trinajstić information content (AvgIpc) is 2.13. The van der Waals surface area contributed by atoms with Gasteiger partial charge in [-0.3, -0.25) is 0 Å². The molecule has 15 heavy (non-hydrogen) atoms. The number of aryl methyl sites for hydroxylation is 1. The third-order valence-electron chi connectivity index (χ3n) is 1.86. The molecule has 6 heteroatoms. The molecule has 0 saturated carbocycles. The molecule has 2 aromatic rings. The molecule has 0 unspecified atom stereocenters. The first-order chi connectivity index (χ1) is 7.00. The van der Waals surface area contributed by atoms with E-state index in [9.17, 15) is 4.79 Å². The normalized spacial score (nSPS) is 10.9. The van der Waals surface area contributed by atoms with Crippen LogP contribution >= 0.6 is 43.5 Å². The monoisotopic (exact) mass is 351 g/mol. The Morgan fingerprint density at radius 3 is 2.73 bits per heavy atom. The Hall–Kier alpha value is -0.390. The summed E-state index contributed by atoms with van der Waals surface area (Å²) >= 11 is 12.6. The van der Waals surface area contributed by atoms with E-state index in [-0.39, 0.29) is 5.39 Å². The fraction of sp³-hybridized carbons (Fsp3) is 0.111. The first-order valence-electron chi connectivity index (χ1n) is 3.95. The van der Waals surface area contributed by atoms with Crippen molar-refractivity contribution >= 4 is 54.4 Å². The second kappa shape index (κ2) is 3.88. The summed E-state index contributed by atoms with van der Waals surface area (Å²) < 4.78 is 6.21. The number of benzene rings is 1. The average molecular weight is 353 g/mol. The van der Waals surface area contributed by atoms with Crippen molar-refractivity contribution in [3.63, 3.8) is 0 Å². The predicted octanol–water partition coefficient (Wildman–Crippen LogP) is 3.67. The molecule has 0 atom stereocenters. The second-order valence-electron chi connectivity index (χ2n) is 2.90. The number of hydrogen-bond donors (Lipinski definition) is 0. The molecule has 1 heterocycles.